The molecule has 1 aromatic carbocycles. The maximum atomic E-state index is 6.07. The Morgan fingerprint density at radius 1 is 1.22 bits per heavy atom. The van der Waals surface area contributed by atoms with Crippen molar-refractivity contribution in [2.75, 3.05) is 6.54 Å². The zero-order valence-corrected chi connectivity index (χ0v) is 11.8. The first kappa shape index (κ1) is 13.4. The smallest absolute Gasteiger partial charge is 0.0417 e. The standard InChI is InChI=1S/C14H15ClN2S/c1-2-16-10-11-3-4-12(15)9-14(11)18-13-5-7-17-8-6-13/h3-9,16H,2,10H2,1H3. The average Bonchev–Trinajstić information content (AvgIpc) is 2.39. The number of pyridine rings is 1. The molecule has 2 nitrogen and oxygen atoms in total. The van der Waals surface area contributed by atoms with Crippen LogP contribution in [-0.4, -0.2) is 11.5 Å². The number of aromatic nitrogens is 1. The summed E-state index contributed by atoms with van der Waals surface area (Å²) in [6.07, 6.45) is 3.60. The van der Waals surface area contributed by atoms with E-state index >= 15 is 0 Å². The van der Waals surface area contributed by atoms with Gasteiger partial charge in [-0.2, -0.15) is 0 Å². The monoisotopic (exact) mass is 278 g/mol. The van der Waals surface area contributed by atoms with E-state index in [1.807, 2.05) is 24.3 Å². The first-order valence-corrected chi connectivity index (χ1v) is 7.06. The summed E-state index contributed by atoms with van der Waals surface area (Å²) in [6, 6.07) is 10.0. The summed E-state index contributed by atoms with van der Waals surface area (Å²) in [5, 5.41) is 4.11. The Kier molecular flexibility index (Phi) is 5.05. The van der Waals surface area contributed by atoms with Crippen LogP contribution in [0.5, 0.6) is 0 Å². The van der Waals surface area contributed by atoms with Crippen LogP contribution in [0.1, 0.15) is 12.5 Å². The molecule has 2 aromatic rings. The molecule has 94 valence electrons. The molecule has 1 aromatic heterocycles. The Balaban J connectivity index is 2.22. The van der Waals surface area contributed by atoms with Gasteiger partial charge in [-0.3, -0.25) is 4.98 Å². The highest BCUT2D eigenvalue weighted by Gasteiger charge is 2.05. The summed E-state index contributed by atoms with van der Waals surface area (Å²) in [4.78, 5) is 6.39. The molecule has 1 heterocycles. The second-order valence-electron chi connectivity index (χ2n) is 3.82. The largest absolute Gasteiger partial charge is 0.313 e. The van der Waals surface area contributed by atoms with E-state index in [1.54, 1.807) is 24.2 Å². The SMILES string of the molecule is CCNCc1ccc(Cl)cc1Sc1ccncc1. The molecule has 0 aliphatic carbocycles. The van der Waals surface area contributed by atoms with Gasteiger partial charge in [0.05, 0.1) is 0 Å². The first-order chi connectivity index (χ1) is 8.79. The minimum absolute atomic E-state index is 0.770. The third-order valence-corrected chi connectivity index (χ3v) is 3.82. The van der Waals surface area contributed by atoms with Gasteiger partial charge < -0.3 is 5.32 Å². The van der Waals surface area contributed by atoms with Gasteiger partial charge in [0.2, 0.25) is 0 Å². The van der Waals surface area contributed by atoms with Crippen LogP contribution in [0, 0.1) is 0 Å². The van der Waals surface area contributed by atoms with Gasteiger partial charge in [-0.15, -0.1) is 0 Å². The van der Waals surface area contributed by atoms with Gasteiger partial charge >= 0.3 is 0 Å². The highest BCUT2D eigenvalue weighted by molar-refractivity contribution is 7.99. The van der Waals surface area contributed by atoms with Crippen molar-refractivity contribution in [3.8, 4) is 0 Å². The molecule has 0 aliphatic rings. The Morgan fingerprint density at radius 2 is 2.00 bits per heavy atom. The Hall–Kier alpha value is -1.03. The van der Waals surface area contributed by atoms with Crippen molar-refractivity contribution in [3.63, 3.8) is 0 Å². The highest BCUT2D eigenvalue weighted by Crippen LogP contribution is 2.32. The Bertz CT molecular complexity index is 502. The van der Waals surface area contributed by atoms with E-state index < -0.39 is 0 Å². The maximum Gasteiger partial charge on any atom is 0.0417 e. The second kappa shape index (κ2) is 6.78. The van der Waals surface area contributed by atoms with Crippen molar-refractivity contribution >= 4 is 23.4 Å². The number of halogens is 1. The fourth-order valence-corrected chi connectivity index (χ4v) is 2.77. The molecular weight excluding hydrogens is 264 g/mol. The predicted octanol–water partition coefficient (Wildman–Crippen LogP) is 4.00. The van der Waals surface area contributed by atoms with Crippen LogP contribution in [0.15, 0.2) is 52.5 Å². The lowest BCUT2D eigenvalue weighted by molar-refractivity contribution is 0.718. The van der Waals surface area contributed by atoms with E-state index in [0.717, 1.165) is 18.1 Å². The lowest BCUT2D eigenvalue weighted by Crippen LogP contribution is -2.12. The van der Waals surface area contributed by atoms with Crippen molar-refractivity contribution in [1.82, 2.24) is 10.3 Å². The summed E-state index contributed by atoms with van der Waals surface area (Å²) in [6.45, 7) is 3.93. The van der Waals surface area contributed by atoms with E-state index in [9.17, 15) is 0 Å². The molecule has 0 amide bonds. The van der Waals surface area contributed by atoms with Gasteiger partial charge in [0.25, 0.3) is 0 Å². The molecule has 0 atom stereocenters. The van der Waals surface area contributed by atoms with E-state index in [4.69, 9.17) is 11.6 Å². The van der Waals surface area contributed by atoms with Crippen LogP contribution in [0.25, 0.3) is 0 Å². The quantitative estimate of drug-likeness (QED) is 0.895. The lowest BCUT2D eigenvalue weighted by Gasteiger charge is -2.10. The van der Waals surface area contributed by atoms with Gasteiger partial charge in [0.15, 0.2) is 0 Å². The zero-order valence-electron chi connectivity index (χ0n) is 10.2. The zero-order chi connectivity index (χ0) is 12.8. The van der Waals surface area contributed by atoms with Crippen LogP contribution < -0.4 is 5.32 Å². The van der Waals surface area contributed by atoms with E-state index in [2.05, 4.69) is 23.3 Å². The van der Waals surface area contributed by atoms with Gasteiger partial charge in [0, 0.05) is 33.8 Å². The molecule has 1 N–H and O–H groups in total. The molecule has 0 radical (unpaired) electrons. The van der Waals surface area contributed by atoms with E-state index in [-0.39, 0.29) is 0 Å². The maximum absolute atomic E-state index is 6.07. The van der Waals surface area contributed by atoms with Crippen LogP contribution in [0.2, 0.25) is 5.02 Å². The van der Waals surface area contributed by atoms with Gasteiger partial charge in [-0.1, -0.05) is 36.4 Å². The van der Waals surface area contributed by atoms with Crippen LogP contribution >= 0.6 is 23.4 Å². The number of benzene rings is 1. The molecule has 0 saturated heterocycles. The summed E-state index contributed by atoms with van der Waals surface area (Å²) >= 11 is 7.79. The van der Waals surface area contributed by atoms with Gasteiger partial charge in [-0.25, -0.2) is 0 Å². The number of nitrogens with one attached hydrogen (secondary N) is 1. The van der Waals surface area contributed by atoms with Gasteiger partial charge in [-0.05, 0) is 36.4 Å². The highest BCUT2D eigenvalue weighted by atomic mass is 35.5. The lowest BCUT2D eigenvalue weighted by atomic mass is 10.2. The molecule has 0 aliphatic heterocycles. The van der Waals surface area contributed by atoms with Crippen LogP contribution in [0.4, 0.5) is 0 Å². The number of rotatable bonds is 5. The number of hydrogen-bond acceptors (Lipinski definition) is 3. The minimum atomic E-state index is 0.770. The van der Waals surface area contributed by atoms with Crippen LogP contribution in [0.3, 0.4) is 0 Å². The van der Waals surface area contributed by atoms with E-state index in [1.165, 1.54) is 15.4 Å². The van der Waals surface area contributed by atoms with Crippen molar-refractivity contribution in [3.05, 3.63) is 53.3 Å². The topological polar surface area (TPSA) is 24.9 Å². The number of nitrogens with zero attached hydrogens (tertiary/aromatic N) is 1. The summed E-state index contributed by atoms with van der Waals surface area (Å²) in [5.41, 5.74) is 1.27. The predicted molar refractivity (Wildman–Crippen MR) is 77.2 cm³/mol. The molecule has 0 bridgehead atoms. The molecular formula is C14H15ClN2S. The summed E-state index contributed by atoms with van der Waals surface area (Å²) in [7, 11) is 0. The Labute approximate surface area is 117 Å². The third-order valence-electron chi connectivity index (χ3n) is 2.47. The van der Waals surface area contributed by atoms with Crippen molar-refractivity contribution in [2.24, 2.45) is 0 Å². The molecule has 4 heteroatoms. The Morgan fingerprint density at radius 3 is 2.72 bits per heavy atom. The molecule has 2 rings (SSSR count). The normalized spacial score (nSPS) is 10.6. The molecule has 0 unspecified atom stereocenters. The van der Waals surface area contributed by atoms with Gasteiger partial charge in [0.1, 0.15) is 0 Å². The third kappa shape index (κ3) is 3.73. The van der Waals surface area contributed by atoms with Crippen LogP contribution in [-0.2, 0) is 6.54 Å². The van der Waals surface area contributed by atoms with Crippen molar-refractivity contribution in [2.45, 2.75) is 23.3 Å². The fourth-order valence-electron chi connectivity index (χ4n) is 1.56. The molecule has 0 spiro atoms. The fraction of sp³-hybridized carbons (Fsp3) is 0.214. The molecule has 0 saturated carbocycles. The summed E-state index contributed by atoms with van der Waals surface area (Å²) < 4.78 is 0. The van der Waals surface area contributed by atoms with Crippen molar-refractivity contribution < 1.29 is 0 Å². The average molecular weight is 279 g/mol. The molecule has 0 fully saturated rings. The van der Waals surface area contributed by atoms with Crippen molar-refractivity contribution in [1.29, 1.82) is 0 Å². The second-order valence-corrected chi connectivity index (χ2v) is 5.37. The molecule has 18 heavy (non-hydrogen) atoms. The summed E-state index contributed by atoms with van der Waals surface area (Å²) in [5.74, 6) is 0. The minimum Gasteiger partial charge on any atom is -0.313 e. The first-order valence-electron chi connectivity index (χ1n) is 5.86. The number of hydrogen-bond donors (Lipinski definition) is 1. The van der Waals surface area contributed by atoms with E-state index in [0.29, 0.717) is 0 Å².